The molecule has 0 saturated carbocycles. The normalized spacial score (nSPS) is 17.0. The molecule has 5 nitrogen and oxygen atoms in total. The molecule has 0 saturated heterocycles. The summed E-state index contributed by atoms with van der Waals surface area (Å²) in [7, 11) is 0. The van der Waals surface area contributed by atoms with Crippen LogP contribution in [-0.4, -0.2) is 5.91 Å². The maximum atomic E-state index is 11.7. The van der Waals surface area contributed by atoms with Gasteiger partial charge in [0.1, 0.15) is 0 Å². The minimum atomic E-state index is -0.575. The molecule has 82 valence electrons. The number of hydrogen-bond donors (Lipinski definition) is 1. The number of benzene rings is 1. The molecule has 1 amide bonds. The predicted octanol–water partition coefficient (Wildman–Crippen LogP) is 2.54. The van der Waals surface area contributed by atoms with Crippen LogP contribution in [0.3, 0.4) is 0 Å². The van der Waals surface area contributed by atoms with Crippen LogP contribution in [0.4, 0.5) is 5.69 Å². The maximum absolute atomic E-state index is 11.7. The molecule has 1 aliphatic heterocycles. The van der Waals surface area contributed by atoms with Gasteiger partial charge in [0.05, 0.1) is 5.41 Å². The Morgan fingerprint density at radius 3 is 2.94 bits per heavy atom. The highest BCUT2D eigenvalue weighted by Gasteiger charge is 2.35. The number of carbonyl (C=O) groups is 1. The summed E-state index contributed by atoms with van der Waals surface area (Å²) in [5, 5.41) is 6.44. The number of rotatable bonds is 1. The Bertz CT molecular complexity index is 501. The number of hydrogen-bond acceptors (Lipinski definition) is 2. The Kier molecular flexibility index (Phi) is 2.33. The van der Waals surface area contributed by atoms with Crippen LogP contribution in [0.25, 0.3) is 10.4 Å². The van der Waals surface area contributed by atoms with Gasteiger partial charge in [0.2, 0.25) is 5.91 Å². The zero-order valence-electron chi connectivity index (χ0n) is 9.19. The summed E-state index contributed by atoms with van der Waals surface area (Å²) in [6.07, 6.45) is 0. The van der Waals surface area contributed by atoms with Crippen LogP contribution < -0.4 is 5.32 Å². The number of carbonyl (C=O) groups excluding carboxylic acids is 1. The van der Waals surface area contributed by atoms with Gasteiger partial charge in [-0.2, -0.15) is 0 Å². The molecule has 0 spiro atoms. The van der Waals surface area contributed by atoms with Crippen LogP contribution in [-0.2, 0) is 16.8 Å². The summed E-state index contributed by atoms with van der Waals surface area (Å²) < 4.78 is 0. The Morgan fingerprint density at radius 1 is 1.50 bits per heavy atom. The third kappa shape index (κ3) is 1.42. The monoisotopic (exact) mass is 216 g/mol. The average Bonchev–Trinajstić information content (AvgIpc) is 2.25. The Morgan fingerprint density at radius 2 is 2.25 bits per heavy atom. The minimum absolute atomic E-state index is 0.00177. The topological polar surface area (TPSA) is 77.9 Å². The molecule has 1 aromatic carbocycles. The summed E-state index contributed by atoms with van der Waals surface area (Å²) in [5.74, 6) is -0.00177. The molecule has 1 heterocycles. The van der Waals surface area contributed by atoms with E-state index >= 15 is 0 Å². The van der Waals surface area contributed by atoms with Crippen molar-refractivity contribution in [3.8, 4) is 0 Å². The fourth-order valence-corrected chi connectivity index (χ4v) is 2.00. The van der Waals surface area contributed by atoms with Crippen LogP contribution in [0.5, 0.6) is 0 Å². The Hall–Kier alpha value is -2.00. The fraction of sp³-hybridized carbons (Fsp3) is 0.364. The summed E-state index contributed by atoms with van der Waals surface area (Å²) in [6, 6.07) is 5.47. The Balaban J connectivity index is 2.66. The highest BCUT2D eigenvalue weighted by Crippen LogP contribution is 2.35. The third-order valence-corrected chi connectivity index (χ3v) is 2.97. The average molecular weight is 216 g/mol. The quantitative estimate of drug-likeness (QED) is 0.437. The van der Waals surface area contributed by atoms with Crippen LogP contribution >= 0.6 is 0 Å². The fourth-order valence-electron chi connectivity index (χ4n) is 2.00. The first-order valence-electron chi connectivity index (χ1n) is 5.03. The van der Waals surface area contributed by atoms with E-state index in [2.05, 4.69) is 15.3 Å². The van der Waals surface area contributed by atoms with Crippen molar-refractivity contribution in [2.45, 2.75) is 25.8 Å². The second-order valence-corrected chi connectivity index (χ2v) is 4.30. The van der Waals surface area contributed by atoms with Gasteiger partial charge in [-0.1, -0.05) is 23.3 Å². The highest BCUT2D eigenvalue weighted by atomic mass is 16.2. The molecule has 0 aromatic heterocycles. The van der Waals surface area contributed by atoms with E-state index in [0.717, 1.165) is 11.1 Å². The van der Waals surface area contributed by atoms with Crippen LogP contribution in [0.2, 0.25) is 0 Å². The smallest absolute Gasteiger partial charge is 0.230 e. The number of azide groups is 1. The largest absolute Gasteiger partial charge is 0.351 e. The first kappa shape index (κ1) is 10.5. The van der Waals surface area contributed by atoms with E-state index in [4.69, 9.17) is 5.53 Å². The maximum Gasteiger partial charge on any atom is 0.230 e. The van der Waals surface area contributed by atoms with Crippen molar-refractivity contribution in [1.29, 1.82) is 0 Å². The lowest BCUT2D eigenvalue weighted by molar-refractivity contribution is -0.126. The predicted molar refractivity (Wildman–Crippen MR) is 60.1 cm³/mol. The third-order valence-electron chi connectivity index (χ3n) is 2.97. The molecule has 5 heteroatoms. The zero-order valence-corrected chi connectivity index (χ0v) is 9.19. The van der Waals surface area contributed by atoms with Gasteiger partial charge in [-0.3, -0.25) is 4.79 Å². The molecular formula is C11H12N4O. The van der Waals surface area contributed by atoms with E-state index < -0.39 is 5.41 Å². The molecule has 0 fully saturated rings. The molecule has 1 aliphatic rings. The second kappa shape index (κ2) is 3.54. The van der Waals surface area contributed by atoms with Crippen molar-refractivity contribution >= 4 is 11.6 Å². The van der Waals surface area contributed by atoms with Crippen LogP contribution in [0.15, 0.2) is 23.3 Å². The minimum Gasteiger partial charge on any atom is -0.351 e. The Labute approximate surface area is 93.1 Å². The van der Waals surface area contributed by atoms with Gasteiger partial charge in [-0.25, -0.2) is 0 Å². The summed E-state index contributed by atoms with van der Waals surface area (Å²) in [4.78, 5) is 14.5. The molecule has 0 radical (unpaired) electrons. The van der Waals surface area contributed by atoms with E-state index in [0.29, 0.717) is 12.2 Å². The van der Waals surface area contributed by atoms with Crippen molar-refractivity contribution < 1.29 is 4.79 Å². The van der Waals surface area contributed by atoms with Crippen molar-refractivity contribution in [2.75, 3.05) is 0 Å². The van der Waals surface area contributed by atoms with Crippen molar-refractivity contribution in [2.24, 2.45) is 5.11 Å². The molecule has 2 rings (SSSR count). The number of fused-ring (bicyclic) bond motifs is 1. The first-order chi connectivity index (χ1) is 7.57. The van der Waals surface area contributed by atoms with E-state index in [1.165, 1.54) is 0 Å². The van der Waals surface area contributed by atoms with Crippen molar-refractivity contribution in [1.82, 2.24) is 5.32 Å². The van der Waals surface area contributed by atoms with E-state index in [1.807, 2.05) is 26.0 Å². The lowest BCUT2D eigenvalue weighted by Gasteiger charge is -2.32. The van der Waals surface area contributed by atoms with Crippen LogP contribution in [0.1, 0.15) is 25.0 Å². The second-order valence-electron chi connectivity index (χ2n) is 4.30. The van der Waals surface area contributed by atoms with Gasteiger partial charge in [-0.05, 0) is 30.5 Å². The van der Waals surface area contributed by atoms with Crippen molar-refractivity contribution in [3.63, 3.8) is 0 Å². The number of nitrogens with one attached hydrogen (secondary N) is 1. The number of nitrogens with zero attached hydrogens (tertiary/aromatic N) is 3. The number of amides is 1. The van der Waals surface area contributed by atoms with Crippen molar-refractivity contribution in [3.05, 3.63) is 39.8 Å². The molecule has 1 N–H and O–H groups in total. The molecule has 0 unspecified atom stereocenters. The molecule has 16 heavy (non-hydrogen) atoms. The molecule has 0 atom stereocenters. The molecular weight excluding hydrogens is 204 g/mol. The van der Waals surface area contributed by atoms with Gasteiger partial charge in [-0.15, -0.1) is 0 Å². The van der Waals surface area contributed by atoms with Gasteiger partial charge in [0.15, 0.2) is 0 Å². The van der Waals surface area contributed by atoms with Crippen LogP contribution in [0, 0.1) is 0 Å². The zero-order chi connectivity index (χ0) is 11.8. The first-order valence-corrected chi connectivity index (χ1v) is 5.03. The lowest BCUT2D eigenvalue weighted by atomic mass is 9.78. The van der Waals surface area contributed by atoms with Gasteiger partial charge in [0, 0.05) is 17.1 Å². The molecule has 0 aliphatic carbocycles. The molecule has 0 bridgehead atoms. The standard InChI is InChI=1S/C11H12N4O/c1-11(2)8-4-3-5-9(14-15-12)7(8)6-13-10(11)16/h3-5H,6H2,1-2H3,(H,13,16). The van der Waals surface area contributed by atoms with E-state index in [1.54, 1.807) is 6.07 Å². The van der Waals surface area contributed by atoms with E-state index in [9.17, 15) is 4.79 Å². The van der Waals surface area contributed by atoms with Gasteiger partial charge < -0.3 is 5.32 Å². The summed E-state index contributed by atoms with van der Waals surface area (Å²) in [5.41, 5.74) is 10.3. The van der Waals surface area contributed by atoms with Gasteiger partial charge >= 0.3 is 0 Å². The molecule has 1 aromatic rings. The summed E-state index contributed by atoms with van der Waals surface area (Å²) in [6.45, 7) is 4.15. The highest BCUT2D eigenvalue weighted by molar-refractivity contribution is 5.90. The van der Waals surface area contributed by atoms with Gasteiger partial charge in [0.25, 0.3) is 0 Å². The SMILES string of the molecule is CC1(C)C(=O)NCc2c(N=[N+]=[N-])cccc21. The lowest BCUT2D eigenvalue weighted by Crippen LogP contribution is -2.44. The summed E-state index contributed by atoms with van der Waals surface area (Å²) >= 11 is 0. The van der Waals surface area contributed by atoms with E-state index in [-0.39, 0.29) is 5.91 Å².